The van der Waals surface area contributed by atoms with E-state index in [1.165, 1.54) is 0 Å². The van der Waals surface area contributed by atoms with Crippen molar-refractivity contribution in [2.45, 2.75) is 44.4 Å². The number of hydrogen-bond donors (Lipinski definition) is 2. The largest absolute Gasteiger partial charge is 0.393 e. The molecule has 0 aliphatic heterocycles. The van der Waals surface area contributed by atoms with Crippen molar-refractivity contribution >= 4 is 17.1 Å². The lowest BCUT2D eigenvalue weighted by atomic mass is 10.1. The molecule has 0 saturated heterocycles. The molecule has 1 aliphatic rings. The van der Waals surface area contributed by atoms with Crippen LogP contribution in [0.15, 0.2) is 42.9 Å². The Morgan fingerprint density at radius 2 is 2.03 bits per heavy atom. The fraction of sp³-hybridized carbons (Fsp3) is 0.333. The predicted octanol–water partition coefficient (Wildman–Crippen LogP) is 2.31. The zero-order chi connectivity index (χ0) is 21.2. The van der Waals surface area contributed by atoms with Gasteiger partial charge < -0.3 is 10.4 Å². The minimum absolute atomic E-state index is 0.171. The van der Waals surface area contributed by atoms with E-state index >= 15 is 0 Å². The molecule has 4 aromatic rings. The fourth-order valence-electron chi connectivity index (χ4n) is 3.84. The summed E-state index contributed by atoms with van der Waals surface area (Å²) in [5, 5.41) is 34.5. The number of nitrogens with zero attached hydrogens (tertiary/aromatic N) is 8. The number of benzene rings is 1. The molecule has 0 amide bonds. The molecule has 156 valence electrons. The summed E-state index contributed by atoms with van der Waals surface area (Å²) in [5.74, 6) is 0.511. The van der Waals surface area contributed by atoms with Crippen molar-refractivity contribution in [1.29, 1.82) is 5.26 Å². The summed E-state index contributed by atoms with van der Waals surface area (Å²) in [4.78, 5) is 8.94. The molecule has 5 rings (SSSR count). The molecule has 10 nitrogen and oxygen atoms in total. The summed E-state index contributed by atoms with van der Waals surface area (Å²) in [6.07, 6.45) is 7.95. The Balaban J connectivity index is 1.38. The second-order valence-corrected chi connectivity index (χ2v) is 7.66. The molecule has 1 aromatic carbocycles. The predicted molar refractivity (Wildman–Crippen MR) is 113 cm³/mol. The Labute approximate surface area is 178 Å². The summed E-state index contributed by atoms with van der Waals surface area (Å²) < 4.78 is 3.46. The number of anilines is 1. The number of aliphatic hydroxyl groups is 1. The van der Waals surface area contributed by atoms with Gasteiger partial charge in [-0.15, -0.1) is 5.10 Å². The Morgan fingerprint density at radius 3 is 2.81 bits per heavy atom. The van der Waals surface area contributed by atoms with Gasteiger partial charge in [-0.25, -0.2) is 4.98 Å². The number of fused-ring (bicyclic) bond motifs is 1. The Bertz CT molecular complexity index is 1240. The van der Waals surface area contributed by atoms with Crippen molar-refractivity contribution < 1.29 is 5.11 Å². The van der Waals surface area contributed by atoms with Crippen LogP contribution in [0.1, 0.15) is 25.7 Å². The zero-order valence-electron chi connectivity index (χ0n) is 16.8. The highest BCUT2D eigenvalue weighted by atomic mass is 16.3. The third-order valence-corrected chi connectivity index (χ3v) is 5.46. The molecule has 3 aromatic heterocycles. The maximum atomic E-state index is 9.73. The SMILES string of the molecule is N#CCCn1cc(-c2ccc(-n3nnc4cnc(NC5CCC(O)C5)nc43)cc2)cn1. The topological polar surface area (TPSA) is 130 Å². The molecule has 1 aliphatic carbocycles. The monoisotopic (exact) mass is 415 g/mol. The number of nitrogens with one attached hydrogen (secondary N) is 1. The third kappa shape index (κ3) is 3.95. The number of rotatable bonds is 6. The highest BCUT2D eigenvalue weighted by Crippen LogP contribution is 2.24. The van der Waals surface area contributed by atoms with Crippen LogP contribution in [0.2, 0.25) is 0 Å². The van der Waals surface area contributed by atoms with Gasteiger partial charge >= 0.3 is 0 Å². The average molecular weight is 415 g/mol. The molecule has 2 N–H and O–H groups in total. The van der Waals surface area contributed by atoms with Gasteiger partial charge in [0.25, 0.3) is 0 Å². The van der Waals surface area contributed by atoms with Crippen LogP contribution in [-0.2, 0) is 6.54 Å². The van der Waals surface area contributed by atoms with Gasteiger partial charge in [0, 0.05) is 17.8 Å². The molecule has 0 radical (unpaired) electrons. The van der Waals surface area contributed by atoms with Crippen LogP contribution >= 0.6 is 0 Å². The Kier molecular flexibility index (Phi) is 5.01. The van der Waals surface area contributed by atoms with Gasteiger partial charge in [0.2, 0.25) is 5.95 Å². The minimum atomic E-state index is -0.259. The number of nitriles is 1. The summed E-state index contributed by atoms with van der Waals surface area (Å²) in [7, 11) is 0. The first kappa shape index (κ1) is 19.1. The molecule has 1 fully saturated rings. The first-order valence-corrected chi connectivity index (χ1v) is 10.2. The van der Waals surface area contributed by atoms with Crippen LogP contribution in [0.25, 0.3) is 28.0 Å². The standard InChI is InChI=1S/C21H21N9O/c22-8-1-9-29-13-15(11-24-29)14-2-5-17(6-3-14)30-20-19(27-28-30)12-23-21(26-20)25-16-4-7-18(31)10-16/h2-3,5-6,11-13,16,18,31H,1,4,7,9-10H2,(H,23,25,26). The second kappa shape index (κ2) is 8.12. The normalized spacial score (nSPS) is 18.3. The van der Waals surface area contributed by atoms with E-state index in [9.17, 15) is 5.11 Å². The Hall–Kier alpha value is -3.84. The molecule has 1 saturated carbocycles. The molecule has 0 spiro atoms. The van der Waals surface area contributed by atoms with Gasteiger partial charge in [0.1, 0.15) is 0 Å². The number of hydrogen-bond acceptors (Lipinski definition) is 8. The number of aromatic nitrogens is 7. The molecule has 0 bridgehead atoms. The van der Waals surface area contributed by atoms with Crippen LogP contribution in [0.3, 0.4) is 0 Å². The van der Waals surface area contributed by atoms with Gasteiger partial charge in [0.15, 0.2) is 11.2 Å². The van der Waals surface area contributed by atoms with Crippen molar-refractivity contribution in [3.8, 4) is 22.9 Å². The zero-order valence-corrected chi connectivity index (χ0v) is 16.8. The second-order valence-electron chi connectivity index (χ2n) is 7.66. The third-order valence-electron chi connectivity index (χ3n) is 5.46. The molecular weight excluding hydrogens is 394 g/mol. The summed E-state index contributed by atoms with van der Waals surface area (Å²) in [5.41, 5.74) is 4.07. The van der Waals surface area contributed by atoms with Crippen molar-refractivity contribution in [3.63, 3.8) is 0 Å². The fourth-order valence-corrected chi connectivity index (χ4v) is 3.84. The van der Waals surface area contributed by atoms with Crippen LogP contribution in [-0.4, -0.2) is 52.0 Å². The van der Waals surface area contributed by atoms with Gasteiger partial charge in [-0.05, 0) is 37.0 Å². The van der Waals surface area contributed by atoms with Gasteiger partial charge in [-0.3, -0.25) is 4.68 Å². The Morgan fingerprint density at radius 1 is 1.16 bits per heavy atom. The van der Waals surface area contributed by atoms with Crippen LogP contribution in [0, 0.1) is 11.3 Å². The molecule has 2 atom stereocenters. The maximum absolute atomic E-state index is 9.73. The smallest absolute Gasteiger partial charge is 0.225 e. The van der Waals surface area contributed by atoms with Crippen molar-refractivity contribution in [1.82, 2.24) is 34.7 Å². The summed E-state index contributed by atoms with van der Waals surface area (Å²) >= 11 is 0. The number of aliphatic hydroxyl groups excluding tert-OH is 1. The summed E-state index contributed by atoms with van der Waals surface area (Å²) in [6.45, 7) is 0.579. The van der Waals surface area contributed by atoms with Crippen molar-refractivity contribution in [3.05, 3.63) is 42.9 Å². The lowest BCUT2D eigenvalue weighted by Gasteiger charge is -2.11. The van der Waals surface area contributed by atoms with Crippen molar-refractivity contribution in [2.24, 2.45) is 0 Å². The lowest BCUT2D eigenvalue weighted by Crippen LogP contribution is -2.18. The van der Waals surface area contributed by atoms with E-state index in [-0.39, 0.29) is 12.1 Å². The molecular formula is C21H21N9O. The van der Waals surface area contributed by atoms with Gasteiger partial charge in [-0.2, -0.15) is 20.0 Å². The lowest BCUT2D eigenvalue weighted by molar-refractivity contribution is 0.182. The highest BCUT2D eigenvalue weighted by molar-refractivity contribution is 5.72. The molecule has 2 unspecified atom stereocenters. The maximum Gasteiger partial charge on any atom is 0.225 e. The van der Waals surface area contributed by atoms with E-state index in [1.807, 2.05) is 30.5 Å². The minimum Gasteiger partial charge on any atom is -0.393 e. The van der Waals surface area contributed by atoms with Gasteiger partial charge in [-0.1, -0.05) is 17.3 Å². The van der Waals surface area contributed by atoms with E-state index in [2.05, 4.69) is 36.8 Å². The first-order valence-electron chi connectivity index (χ1n) is 10.2. The van der Waals surface area contributed by atoms with Crippen LogP contribution in [0.5, 0.6) is 0 Å². The van der Waals surface area contributed by atoms with Crippen molar-refractivity contribution in [2.75, 3.05) is 5.32 Å². The quantitative estimate of drug-likeness (QED) is 0.491. The van der Waals surface area contributed by atoms with Crippen LogP contribution < -0.4 is 5.32 Å². The van der Waals surface area contributed by atoms with E-state index in [0.717, 1.165) is 29.7 Å². The van der Waals surface area contributed by atoms with E-state index in [1.54, 1.807) is 21.8 Å². The molecule has 31 heavy (non-hydrogen) atoms. The summed E-state index contributed by atoms with van der Waals surface area (Å²) in [6, 6.07) is 10.2. The molecule has 3 heterocycles. The highest BCUT2D eigenvalue weighted by Gasteiger charge is 2.23. The molecule has 10 heteroatoms. The van der Waals surface area contributed by atoms with Gasteiger partial charge in [0.05, 0.1) is 43.2 Å². The van der Waals surface area contributed by atoms with E-state index in [0.29, 0.717) is 36.5 Å². The first-order chi connectivity index (χ1) is 15.2. The number of aryl methyl sites for hydroxylation is 1. The average Bonchev–Trinajstić information content (AvgIpc) is 3.52. The van der Waals surface area contributed by atoms with E-state index in [4.69, 9.17) is 5.26 Å². The van der Waals surface area contributed by atoms with E-state index < -0.39 is 0 Å². The van der Waals surface area contributed by atoms with Crippen LogP contribution in [0.4, 0.5) is 5.95 Å².